The molecule has 1 saturated carbocycles. The second-order valence-corrected chi connectivity index (χ2v) is 4.14. The van der Waals surface area contributed by atoms with Crippen LogP contribution in [0.25, 0.3) is 0 Å². The first kappa shape index (κ1) is 10.5. The van der Waals surface area contributed by atoms with Crippen LogP contribution in [0.2, 0.25) is 0 Å². The first-order chi connectivity index (χ1) is 6.13. The molecule has 0 aromatic rings. The van der Waals surface area contributed by atoms with E-state index in [-0.39, 0.29) is 11.9 Å². The number of hydrogen-bond acceptors (Lipinski definition) is 2. The van der Waals surface area contributed by atoms with Gasteiger partial charge in [-0.2, -0.15) is 0 Å². The third kappa shape index (κ3) is 2.99. The second-order valence-electron chi connectivity index (χ2n) is 4.14. The number of amides is 1. The highest BCUT2D eigenvalue weighted by Gasteiger charge is 2.23. The van der Waals surface area contributed by atoms with Gasteiger partial charge in [-0.3, -0.25) is 4.79 Å². The Bertz CT molecular complexity index is 182. The molecule has 3 nitrogen and oxygen atoms in total. The summed E-state index contributed by atoms with van der Waals surface area (Å²) in [5, 5.41) is 3.00. The lowest BCUT2D eigenvalue weighted by Gasteiger charge is -2.15. The van der Waals surface area contributed by atoms with E-state index in [9.17, 15) is 4.79 Å². The summed E-state index contributed by atoms with van der Waals surface area (Å²) in [5.74, 6) is 0.768. The predicted molar refractivity (Wildman–Crippen MR) is 53.2 cm³/mol. The van der Waals surface area contributed by atoms with Crippen molar-refractivity contribution in [1.82, 2.24) is 5.32 Å². The zero-order valence-corrected chi connectivity index (χ0v) is 8.55. The Labute approximate surface area is 80.1 Å². The van der Waals surface area contributed by atoms with Gasteiger partial charge in [0.05, 0.1) is 6.04 Å². The van der Waals surface area contributed by atoms with Crippen LogP contribution in [0.4, 0.5) is 0 Å². The summed E-state index contributed by atoms with van der Waals surface area (Å²) in [5.41, 5.74) is 5.62. The summed E-state index contributed by atoms with van der Waals surface area (Å²) < 4.78 is 0. The standard InChI is InChI=1S/C10H20N2O/c1-3-9(11)10(13)12-8-5-4-7(2)6-8/h7-9H,3-6,11H2,1-2H3,(H,12,13)/t7?,8?,9-/m1/s1. The maximum Gasteiger partial charge on any atom is 0.237 e. The molecule has 0 aliphatic heterocycles. The number of nitrogens with two attached hydrogens (primary N) is 1. The summed E-state index contributed by atoms with van der Waals surface area (Å²) in [6.07, 6.45) is 4.17. The quantitative estimate of drug-likeness (QED) is 0.688. The van der Waals surface area contributed by atoms with Gasteiger partial charge in [0.25, 0.3) is 0 Å². The van der Waals surface area contributed by atoms with Gasteiger partial charge in [-0.25, -0.2) is 0 Å². The van der Waals surface area contributed by atoms with Crippen LogP contribution in [0.15, 0.2) is 0 Å². The average Bonchev–Trinajstić information content (AvgIpc) is 2.49. The number of hydrogen-bond donors (Lipinski definition) is 2. The van der Waals surface area contributed by atoms with E-state index in [0.717, 1.165) is 18.8 Å². The first-order valence-electron chi connectivity index (χ1n) is 5.19. The molecule has 13 heavy (non-hydrogen) atoms. The number of rotatable bonds is 3. The highest BCUT2D eigenvalue weighted by molar-refractivity contribution is 5.81. The Morgan fingerprint density at radius 3 is 2.77 bits per heavy atom. The van der Waals surface area contributed by atoms with E-state index in [4.69, 9.17) is 5.73 Å². The maximum absolute atomic E-state index is 11.4. The Balaban J connectivity index is 2.28. The largest absolute Gasteiger partial charge is 0.352 e. The summed E-state index contributed by atoms with van der Waals surface area (Å²) in [4.78, 5) is 11.4. The lowest BCUT2D eigenvalue weighted by Crippen LogP contribution is -2.44. The fourth-order valence-corrected chi connectivity index (χ4v) is 1.83. The molecule has 1 aliphatic rings. The van der Waals surface area contributed by atoms with Crippen molar-refractivity contribution in [2.24, 2.45) is 11.7 Å². The molecule has 3 heteroatoms. The summed E-state index contributed by atoms with van der Waals surface area (Å²) in [6, 6.07) is 0.0519. The maximum atomic E-state index is 11.4. The third-order valence-corrected chi connectivity index (χ3v) is 2.82. The van der Waals surface area contributed by atoms with Gasteiger partial charge >= 0.3 is 0 Å². The van der Waals surface area contributed by atoms with Gasteiger partial charge in [-0.05, 0) is 31.6 Å². The highest BCUT2D eigenvalue weighted by atomic mass is 16.2. The normalized spacial score (nSPS) is 30.1. The zero-order chi connectivity index (χ0) is 9.84. The van der Waals surface area contributed by atoms with E-state index in [1.807, 2.05) is 6.92 Å². The Kier molecular flexibility index (Phi) is 3.72. The Hall–Kier alpha value is -0.570. The molecule has 0 bridgehead atoms. The van der Waals surface area contributed by atoms with Gasteiger partial charge in [0.1, 0.15) is 0 Å². The fraction of sp³-hybridized carbons (Fsp3) is 0.900. The molecule has 0 aromatic carbocycles. The fourth-order valence-electron chi connectivity index (χ4n) is 1.83. The molecule has 76 valence electrons. The van der Waals surface area contributed by atoms with Crippen LogP contribution in [0.5, 0.6) is 0 Å². The predicted octanol–water partition coefficient (Wildman–Crippen LogP) is 1.03. The van der Waals surface area contributed by atoms with Crippen molar-refractivity contribution in [3.05, 3.63) is 0 Å². The van der Waals surface area contributed by atoms with Gasteiger partial charge in [0, 0.05) is 6.04 Å². The van der Waals surface area contributed by atoms with Crippen LogP contribution in [-0.4, -0.2) is 18.0 Å². The first-order valence-corrected chi connectivity index (χ1v) is 5.19. The van der Waals surface area contributed by atoms with Crippen LogP contribution in [-0.2, 0) is 4.79 Å². The Morgan fingerprint density at radius 1 is 1.62 bits per heavy atom. The number of carbonyl (C=O) groups is 1. The van der Waals surface area contributed by atoms with Gasteiger partial charge < -0.3 is 11.1 Å². The number of nitrogens with one attached hydrogen (secondary N) is 1. The molecule has 0 radical (unpaired) electrons. The Morgan fingerprint density at radius 2 is 2.31 bits per heavy atom. The van der Waals surface area contributed by atoms with Crippen LogP contribution in [0.3, 0.4) is 0 Å². The highest BCUT2D eigenvalue weighted by Crippen LogP contribution is 2.24. The molecule has 2 unspecified atom stereocenters. The lowest BCUT2D eigenvalue weighted by atomic mass is 10.1. The molecular weight excluding hydrogens is 164 g/mol. The minimum absolute atomic E-state index is 0.0154. The zero-order valence-electron chi connectivity index (χ0n) is 8.55. The van der Waals surface area contributed by atoms with Gasteiger partial charge in [-0.15, -0.1) is 0 Å². The van der Waals surface area contributed by atoms with Crippen molar-refractivity contribution in [1.29, 1.82) is 0 Å². The molecule has 1 rings (SSSR count). The molecule has 3 N–H and O–H groups in total. The second kappa shape index (κ2) is 4.61. The van der Waals surface area contributed by atoms with Crippen molar-refractivity contribution in [3.63, 3.8) is 0 Å². The van der Waals surface area contributed by atoms with Crippen molar-refractivity contribution in [2.45, 2.75) is 51.6 Å². The van der Waals surface area contributed by atoms with Crippen LogP contribution < -0.4 is 11.1 Å². The van der Waals surface area contributed by atoms with E-state index < -0.39 is 0 Å². The topological polar surface area (TPSA) is 55.1 Å². The van der Waals surface area contributed by atoms with E-state index in [1.165, 1.54) is 6.42 Å². The van der Waals surface area contributed by atoms with Crippen molar-refractivity contribution in [3.8, 4) is 0 Å². The average molecular weight is 184 g/mol. The smallest absolute Gasteiger partial charge is 0.237 e. The SMILES string of the molecule is CC[C@@H](N)C(=O)NC1CCC(C)C1. The monoisotopic (exact) mass is 184 g/mol. The molecule has 3 atom stereocenters. The van der Waals surface area contributed by atoms with E-state index in [0.29, 0.717) is 12.5 Å². The van der Waals surface area contributed by atoms with Crippen molar-refractivity contribution < 1.29 is 4.79 Å². The van der Waals surface area contributed by atoms with Crippen LogP contribution in [0, 0.1) is 5.92 Å². The molecular formula is C10H20N2O. The minimum atomic E-state index is -0.323. The third-order valence-electron chi connectivity index (χ3n) is 2.82. The molecule has 1 amide bonds. The molecule has 0 heterocycles. The van der Waals surface area contributed by atoms with E-state index in [2.05, 4.69) is 12.2 Å². The van der Waals surface area contributed by atoms with Crippen molar-refractivity contribution >= 4 is 5.91 Å². The van der Waals surface area contributed by atoms with E-state index in [1.54, 1.807) is 0 Å². The van der Waals surface area contributed by atoms with Gasteiger partial charge in [0.2, 0.25) is 5.91 Å². The summed E-state index contributed by atoms with van der Waals surface area (Å²) in [7, 11) is 0. The molecule has 0 spiro atoms. The van der Waals surface area contributed by atoms with Gasteiger partial charge in [0.15, 0.2) is 0 Å². The number of carbonyl (C=O) groups excluding carboxylic acids is 1. The molecule has 1 aliphatic carbocycles. The minimum Gasteiger partial charge on any atom is -0.352 e. The molecule has 0 aromatic heterocycles. The lowest BCUT2D eigenvalue weighted by molar-refractivity contribution is -0.123. The summed E-state index contributed by atoms with van der Waals surface area (Å²) >= 11 is 0. The van der Waals surface area contributed by atoms with Crippen LogP contribution in [0.1, 0.15) is 39.5 Å². The van der Waals surface area contributed by atoms with E-state index >= 15 is 0 Å². The molecule has 1 fully saturated rings. The summed E-state index contributed by atoms with van der Waals surface area (Å²) in [6.45, 7) is 4.16. The van der Waals surface area contributed by atoms with Crippen molar-refractivity contribution in [2.75, 3.05) is 0 Å². The van der Waals surface area contributed by atoms with Crippen LogP contribution >= 0.6 is 0 Å². The van der Waals surface area contributed by atoms with Gasteiger partial charge in [-0.1, -0.05) is 13.8 Å². The molecule has 0 saturated heterocycles.